The van der Waals surface area contributed by atoms with Gasteiger partial charge in [-0.1, -0.05) is 16.8 Å². The molecule has 0 bridgehead atoms. The Hall–Kier alpha value is -2.08. The largest absolute Gasteiger partial charge is 0.340 e. The van der Waals surface area contributed by atoms with Crippen LogP contribution in [0.25, 0.3) is 0 Å². The van der Waals surface area contributed by atoms with E-state index < -0.39 is 20.6 Å². The number of nitrogens with zero attached hydrogens (tertiary/aromatic N) is 5. The zero-order valence-corrected chi connectivity index (χ0v) is 15.4. The molecule has 10 nitrogen and oxygen atoms in total. The molecule has 12 heteroatoms. The quantitative estimate of drug-likeness (QED) is 0.544. The molecule has 0 saturated carbocycles. The fraction of sp³-hybridized carbons (Fsp3) is 0.429. The Labute approximate surface area is 154 Å². The maximum absolute atomic E-state index is 12.8. The highest BCUT2D eigenvalue weighted by Crippen LogP contribution is 2.30. The Bertz CT molecular complexity index is 924. The lowest BCUT2D eigenvalue weighted by Crippen LogP contribution is -2.48. The lowest BCUT2D eigenvalue weighted by Gasteiger charge is -2.33. The van der Waals surface area contributed by atoms with Crippen LogP contribution in [0.4, 0.5) is 5.69 Å². The van der Waals surface area contributed by atoms with Crippen molar-refractivity contribution in [1.29, 1.82) is 0 Å². The molecule has 26 heavy (non-hydrogen) atoms. The monoisotopic (exact) mass is 401 g/mol. The highest BCUT2D eigenvalue weighted by molar-refractivity contribution is 7.89. The molecule has 1 aromatic heterocycles. The van der Waals surface area contributed by atoms with Crippen molar-refractivity contribution in [3.05, 3.63) is 45.1 Å². The van der Waals surface area contributed by atoms with Crippen LogP contribution in [0.1, 0.15) is 11.7 Å². The summed E-state index contributed by atoms with van der Waals surface area (Å²) in [5.74, 6) is 1.00. The van der Waals surface area contributed by atoms with Gasteiger partial charge in [0.2, 0.25) is 15.9 Å². The first-order valence-corrected chi connectivity index (χ1v) is 9.55. The number of hydrogen-bond acceptors (Lipinski definition) is 8. The van der Waals surface area contributed by atoms with Gasteiger partial charge in [-0.05, 0) is 12.1 Å². The number of hydrogen-bond donors (Lipinski definition) is 0. The Kier molecular flexibility index (Phi) is 5.23. The number of aryl methyl sites for hydroxylation is 1. The Morgan fingerprint density at radius 2 is 2.00 bits per heavy atom. The normalized spacial score (nSPS) is 16.7. The van der Waals surface area contributed by atoms with Crippen molar-refractivity contribution in [2.75, 3.05) is 26.2 Å². The molecule has 0 atom stereocenters. The fourth-order valence-electron chi connectivity index (χ4n) is 2.72. The van der Waals surface area contributed by atoms with Gasteiger partial charge in [0, 0.05) is 44.2 Å². The Morgan fingerprint density at radius 3 is 2.58 bits per heavy atom. The second-order valence-electron chi connectivity index (χ2n) is 5.78. The van der Waals surface area contributed by atoms with Crippen molar-refractivity contribution < 1.29 is 17.9 Å². The minimum Gasteiger partial charge on any atom is -0.340 e. The molecule has 0 aliphatic carbocycles. The van der Waals surface area contributed by atoms with Gasteiger partial charge in [0.15, 0.2) is 10.7 Å². The van der Waals surface area contributed by atoms with Crippen molar-refractivity contribution in [3.63, 3.8) is 0 Å². The zero-order chi connectivity index (χ0) is 18.9. The molecule has 1 aliphatic rings. The molecule has 1 aliphatic heterocycles. The molecule has 1 fully saturated rings. The highest BCUT2D eigenvalue weighted by atomic mass is 35.5. The minimum atomic E-state index is -3.99. The van der Waals surface area contributed by atoms with Crippen LogP contribution >= 0.6 is 11.6 Å². The SMILES string of the molecule is Cc1nc(CN2CCN(S(=O)(=O)c3ccc(Cl)cc3[N+](=O)[O-])CC2)no1. The van der Waals surface area contributed by atoms with Crippen molar-refractivity contribution in [1.82, 2.24) is 19.3 Å². The van der Waals surface area contributed by atoms with E-state index in [2.05, 4.69) is 10.1 Å². The van der Waals surface area contributed by atoms with Crippen molar-refractivity contribution in [2.24, 2.45) is 0 Å². The summed E-state index contributed by atoms with van der Waals surface area (Å²) in [4.78, 5) is 16.2. The molecule has 3 rings (SSSR count). The van der Waals surface area contributed by atoms with E-state index in [0.717, 1.165) is 6.07 Å². The van der Waals surface area contributed by atoms with E-state index in [4.69, 9.17) is 16.1 Å². The maximum atomic E-state index is 12.8. The molecule has 0 N–H and O–H groups in total. The standard InChI is InChI=1S/C14H16ClN5O5S/c1-10-16-14(17-25-10)9-18-4-6-19(7-5-18)26(23,24)13-3-2-11(15)8-12(13)20(21)22/h2-3,8H,4-7,9H2,1H3. The molecule has 2 heterocycles. The minimum absolute atomic E-state index is 0.107. The number of halogens is 1. The molecule has 0 amide bonds. The van der Waals surface area contributed by atoms with Crippen molar-refractivity contribution in [3.8, 4) is 0 Å². The van der Waals surface area contributed by atoms with Crippen LogP contribution in [0, 0.1) is 17.0 Å². The van der Waals surface area contributed by atoms with E-state index in [0.29, 0.717) is 31.3 Å². The van der Waals surface area contributed by atoms with E-state index in [9.17, 15) is 18.5 Å². The third-order valence-corrected chi connectivity index (χ3v) is 6.18. The van der Waals surface area contributed by atoms with Crippen LogP contribution in [-0.2, 0) is 16.6 Å². The second kappa shape index (κ2) is 7.27. The van der Waals surface area contributed by atoms with Gasteiger partial charge in [-0.2, -0.15) is 9.29 Å². The summed E-state index contributed by atoms with van der Waals surface area (Å²) >= 11 is 5.76. The van der Waals surface area contributed by atoms with Crippen LogP contribution in [0.15, 0.2) is 27.6 Å². The molecular weight excluding hydrogens is 386 g/mol. The number of piperazine rings is 1. The topological polar surface area (TPSA) is 123 Å². The average molecular weight is 402 g/mol. The third kappa shape index (κ3) is 3.85. The first-order valence-electron chi connectivity index (χ1n) is 7.73. The first-order chi connectivity index (χ1) is 12.3. The molecule has 1 aromatic carbocycles. The van der Waals surface area contributed by atoms with Crippen LogP contribution in [0.2, 0.25) is 5.02 Å². The van der Waals surface area contributed by atoms with Gasteiger partial charge < -0.3 is 4.52 Å². The van der Waals surface area contributed by atoms with Gasteiger partial charge in [-0.25, -0.2) is 8.42 Å². The fourth-order valence-corrected chi connectivity index (χ4v) is 4.45. The number of nitro benzene ring substituents is 1. The molecule has 0 spiro atoms. The smallest absolute Gasteiger partial charge is 0.290 e. The summed E-state index contributed by atoms with van der Waals surface area (Å²) in [7, 11) is -3.99. The molecular formula is C14H16ClN5O5S. The van der Waals surface area contributed by atoms with Gasteiger partial charge >= 0.3 is 0 Å². The van der Waals surface area contributed by atoms with Crippen LogP contribution < -0.4 is 0 Å². The number of benzene rings is 1. The predicted octanol–water partition coefficient (Wildman–Crippen LogP) is 1.45. The van der Waals surface area contributed by atoms with Gasteiger partial charge in [-0.15, -0.1) is 0 Å². The van der Waals surface area contributed by atoms with E-state index in [1.807, 2.05) is 4.90 Å². The molecule has 1 saturated heterocycles. The lowest BCUT2D eigenvalue weighted by molar-refractivity contribution is -0.387. The Balaban J connectivity index is 1.73. The number of sulfonamides is 1. The lowest BCUT2D eigenvalue weighted by atomic mass is 10.3. The molecule has 2 aromatic rings. The number of nitro groups is 1. The van der Waals surface area contributed by atoms with Crippen molar-refractivity contribution >= 4 is 27.3 Å². The van der Waals surface area contributed by atoms with Crippen LogP contribution in [0.5, 0.6) is 0 Å². The maximum Gasteiger partial charge on any atom is 0.290 e. The van der Waals surface area contributed by atoms with E-state index in [1.54, 1.807) is 6.92 Å². The second-order valence-corrected chi connectivity index (χ2v) is 8.12. The van der Waals surface area contributed by atoms with Gasteiger partial charge in [0.05, 0.1) is 11.5 Å². The van der Waals surface area contributed by atoms with Gasteiger partial charge in [0.25, 0.3) is 5.69 Å². The number of aromatic nitrogens is 2. The van der Waals surface area contributed by atoms with Gasteiger partial charge in [-0.3, -0.25) is 15.0 Å². The summed E-state index contributed by atoms with van der Waals surface area (Å²) in [5.41, 5.74) is -0.526. The summed E-state index contributed by atoms with van der Waals surface area (Å²) in [6, 6.07) is 3.55. The van der Waals surface area contributed by atoms with E-state index >= 15 is 0 Å². The van der Waals surface area contributed by atoms with Crippen molar-refractivity contribution in [2.45, 2.75) is 18.4 Å². The summed E-state index contributed by atoms with van der Waals surface area (Å²) in [5, 5.41) is 15.1. The van der Waals surface area contributed by atoms with E-state index in [1.165, 1.54) is 16.4 Å². The predicted molar refractivity (Wildman–Crippen MR) is 91.2 cm³/mol. The Morgan fingerprint density at radius 1 is 1.31 bits per heavy atom. The summed E-state index contributed by atoms with van der Waals surface area (Å²) in [6.45, 7) is 3.46. The summed E-state index contributed by atoms with van der Waals surface area (Å²) < 4.78 is 31.8. The highest BCUT2D eigenvalue weighted by Gasteiger charge is 2.34. The number of rotatable bonds is 5. The van der Waals surface area contributed by atoms with Crippen LogP contribution in [0.3, 0.4) is 0 Å². The first kappa shape index (κ1) is 18.7. The van der Waals surface area contributed by atoms with E-state index in [-0.39, 0.29) is 23.0 Å². The molecule has 140 valence electrons. The summed E-state index contributed by atoms with van der Waals surface area (Å²) in [6.07, 6.45) is 0. The zero-order valence-electron chi connectivity index (χ0n) is 13.8. The van der Waals surface area contributed by atoms with Gasteiger partial charge in [0.1, 0.15) is 0 Å². The third-order valence-electron chi connectivity index (χ3n) is 4.00. The van der Waals surface area contributed by atoms with Crippen LogP contribution in [-0.4, -0.2) is 58.9 Å². The molecule has 0 radical (unpaired) electrons. The average Bonchev–Trinajstić information content (AvgIpc) is 3.00. The molecule has 0 unspecified atom stereocenters.